The zero-order chi connectivity index (χ0) is 26.3. The molecule has 39 heavy (non-hydrogen) atoms. The van der Waals surface area contributed by atoms with Crippen LogP contribution >= 0.6 is 24.8 Å². The fourth-order valence-electron chi connectivity index (χ4n) is 3.97. The molecule has 0 bridgehead atoms. The van der Waals surface area contributed by atoms with Gasteiger partial charge in [-0.25, -0.2) is 12.7 Å². The van der Waals surface area contributed by atoms with Crippen LogP contribution < -0.4 is 13.8 Å². The molecular formula is C27H31Cl2N3O6S. The van der Waals surface area contributed by atoms with Gasteiger partial charge in [0, 0.05) is 38.2 Å². The van der Waals surface area contributed by atoms with E-state index in [1.165, 1.54) is 31.6 Å². The fourth-order valence-corrected chi connectivity index (χ4v) is 5.44. The van der Waals surface area contributed by atoms with Crippen LogP contribution in [0.5, 0.6) is 5.75 Å². The van der Waals surface area contributed by atoms with Crippen molar-refractivity contribution in [2.45, 2.75) is 11.3 Å². The number of morpholine rings is 1. The first-order valence-electron chi connectivity index (χ1n) is 11.9. The molecule has 210 valence electrons. The molecular weight excluding hydrogens is 565 g/mol. The van der Waals surface area contributed by atoms with Crippen LogP contribution in [0.3, 0.4) is 0 Å². The first kappa shape index (κ1) is 32.1. The van der Waals surface area contributed by atoms with Crippen LogP contribution in [-0.2, 0) is 19.6 Å². The quantitative estimate of drug-likeness (QED) is 0.274. The second kappa shape index (κ2) is 14.9. The SMILES string of the molecule is COc1ccc(S(=O)(=O)N(C(=O)CCN2CCOCC2)c2ccccc2/C=C/c2cc[n+]([O-])cc2)cc1.Cl.Cl. The molecule has 1 amide bonds. The number of sulfonamides is 1. The Morgan fingerprint density at radius 1 is 1.03 bits per heavy atom. The number of pyridine rings is 1. The van der Waals surface area contributed by atoms with E-state index in [1.807, 2.05) is 0 Å². The fraction of sp³-hybridized carbons (Fsp3) is 0.259. The van der Waals surface area contributed by atoms with Crippen LogP contribution in [0.1, 0.15) is 17.5 Å². The van der Waals surface area contributed by atoms with Gasteiger partial charge in [0.15, 0.2) is 12.4 Å². The highest BCUT2D eigenvalue weighted by molar-refractivity contribution is 7.93. The zero-order valence-electron chi connectivity index (χ0n) is 21.3. The van der Waals surface area contributed by atoms with Crippen LogP contribution in [0.4, 0.5) is 5.69 Å². The number of nitrogens with zero attached hydrogens (tertiary/aromatic N) is 3. The lowest BCUT2D eigenvalue weighted by Gasteiger charge is -2.28. The number of methoxy groups -OCH3 is 1. The first-order valence-corrected chi connectivity index (χ1v) is 13.3. The van der Waals surface area contributed by atoms with E-state index in [-0.39, 0.29) is 41.8 Å². The van der Waals surface area contributed by atoms with Gasteiger partial charge in [-0.15, -0.1) is 24.8 Å². The number of aromatic nitrogens is 1. The third kappa shape index (κ3) is 8.17. The van der Waals surface area contributed by atoms with Gasteiger partial charge in [-0.2, -0.15) is 4.73 Å². The molecule has 0 saturated carbocycles. The number of ether oxygens (including phenoxy) is 2. The molecule has 3 aromatic rings. The van der Waals surface area contributed by atoms with E-state index in [4.69, 9.17) is 9.47 Å². The van der Waals surface area contributed by atoms with Crippen LogP contribution in [0.25, 0.3) is 12.2 Å². The number of hydrogen-bond donors (Lipinski definition) is 0. The second-order valence-electron chi connectivity index (χ2n) is 8.43. The molecule has 0 unspecified atom stereocenters. The standard InChI is InChI=1S/C27H29N3O6S.2ClH/c1-35-24-8-10-25(11-9-24)37(33,34)30(27(31)14-15-28-18-20-36-21-19-28)26-5-3-2-4-23(26)7-6-22-12-16-29(32)17-13-22;;/h2-13,16-17H,14-15,18-21H2,1H3;2*1H/b7-6+;;. The maximum absolute atomic E-state index is 13.9. The number of rotatable bonds is 9. The smallest absolute Gasteiger partial charge is 0.270 e. The normalized spacial score (nSPS) is 13.8. The summed E-state index contributed by atoms with van der Waals surface area (Å²) in [7, 11) is -2.74. The van der Waals surface area contributed by atoms with Gasteiger partial charge in [-0.05, 0) is 41.5 Å². The summed E-state index contributed by atoms with van der Waals surface area (Å²) >= 11 is 0. The summed E-state index contributed by atoms with van der Waals surface area (Å²) in [6, 6.07) is 16.1. The molecule has 0 radical (unpaired) electrons. The van der Waals surface area contributed by atoms with Crippen molar-refractivity contribution < 1.29 is 27.4 Å². The van der Waals surface area contributed by atoms with Gasteiger partial charge < -0.3 is 14.7 Å². The molecule has 1 fully saturated rings. The Balaban J connectivity index is 0.00000267. The van der Waals surface area contributed by atoms with Gasteiger partial charge in [0.25, 0.3) is 10.0 Å². The average molecular weight is 597 g/mol. The maximum atomic E-state index is 13.9. The number of carbonyl (C=O) groups is 1. The minimum atomic E-state index is -4.24. The number of halogens is 2. The average Bonchev–Trinajstić information content (AvgIpc) is 2.93. The Morgan fingerprint density at radius 3 is 2.31 bits per heavy atom. The number of amides is 1. The number of carbonyl (C=O) groups excluding carboxylic acids is 1. The van der Waals surface area contributed by atoms with Crippen molar-refractivity contribution in [3.8, 4) is 5.75 Å². The van der Waals surface area contributed by atoms with Crippen molar-refractivity contribution in [3.63, 3.8) is 0 Å². The highest BCUT2D eigenvalue weighted by atomic mass is 35.5. The van der Waals surface area contributed by atoms with Crippen molar-refractivity contribution in [2.24, 2.45) is 0 Å². The molecule has 9 nitrogen and oxygen atoms in total. The summed E-state index contributed by atoms with van der Waals surface area (Å²) in [6.45, 7) is 2.98. The summed E-state index contributed by atoms with van der Waals surface area (Å²) in [6.07, 6.45) is 6.26. The minimum absolute atomic E-state index is 0. The molecule has 1 saturated heterocycles. The lowest BCUT2D eigenvalue weighted by molar-refractivity contribution is -0.605. The zero-order valence-corrected chi connectivity index (χ0v) is 23.8. The van der Waals surface area contributed by atoms with Crippen molar-refractivity contribution in [2.75, 3.05) is 44.3 Å². The third-order valence-electron chi connectivity index (χ3n) is 6.01. The Kier molecular flexibility index (Phi) is 12.2. The van der Waals surface area contributed by atoms with E-state index in [9.17, 15) is 18.4 Å². The van der Waals surface area contributed by atoms with E-state index in [2.05, 4.69) is 4.90 Å². The summed E-state index contributed by atoms with van der Waals surface area (Å²) < 4.78 is 39.8. The lowest BCUT2D eigenvalue weighted by atomic mass is 10.1. The molecule has 1 aliphatic heterocycles. The molecule has 12 heteroatoms. The van der Waals surface area contributed by atoms with Crippen LogP contribution in [-0.4, -0.2) is 59.2 Å². The Bertz CT molecular complexity index is 1350. The lowest BCUT2D eigenvalue weighted by Crippen LogP contribution is -2.42. The number of benzene rings is 2. The van der Waals surface area contributed by atoms with Crippen LogP contribution in [0, 0.1) is 5.21 Å². The monoisotopic (exact) mass is 595 g/mol. The van der Waals surface area contributed by atoms with Gasteiger partial charge in [-0.1, -0.05) is 30.4 Å². The molecule has 0 N–H and O–H groups in total. The summed E-state index contributed by atoms with van der Waals surface area (Å²) in [5.41, 5.74) is 1.54. The molecule has 1 aromatic heterocycles. The van der Waals surface area contributed by atoms with Gasteiger partial charge in [0.1, 0.15) is 5.75 Å². The Labute approximate surface area is 241 Å². The molecule has 0 aliphatic carbocycles. The van der Waals surface area contributed by atoms with E-state index in [0.29, 0.717) is 48.9 Å². The van der Waals surface area contributed by atoms with Gasteiger partial charge >= 0.3 is 0 Å². The Morgan fingerprint density at radius 2 is 1.67 bits per heavy atom. The van der Waals surface area contributed by atoms with Gasteiger partial charge in [0.05, 0.1) is 30.9 Å². The maximum Gasteiger partial charge on any atom is 0.270 e. The van der Waals surface area contributed by atoms with Crippen LogP contribution in [0.15, 0.2) is 78.0 Å². The number of anilines is 1. The molecule has 4 rings (SSSR count). The molecule has 2 aromatic carbocycles. The second-order valence-corrected chi connectivity index (χ2v) is 10.2. The topological polar surface area (TPSA) is 103 Å². The van der Waals surface area contributed by atoms with E-state index in [1.54, 1.807) is 60.7 Å². The third-order valence-corrected chi connectivity index (χ3v) is 7.76. The van der Waals surface area contributed by atoms with E-state index >= 15 is 0 Å². The largest absolute Gasteiger partial charge is 0.619 e. The first-order chi connectivity index (χ1) is 17.9. The summed E-state index contributed by atoms with van der Waals surface area (Å²) in [4.78, 5) is 15.7. The van der Waals surface area contributed by atoms with Gasteiger partial charge in [-0.3, -0.25) is 9.69 Å². The summed E-state index contributed by atoms with van der Waals surface area (Å²) in [5.74, 6) is -0.0231. The van der Waals surface area contributed by atoms with Crippen molar-refractivity contribution >= 4 is 58.6 Å². The molecule has 0 spiro atoms. The van der Waals surface area contributed by atoms with Crippen LogP contribution in [0.2, 0.25) is 0 Å². The van der Waals surface area contributed by atoms with Crippen molar-refractivity contribution in [1.29, 1.82) is 0 Å². The predicted molar refractivity (Wildman–Crippen MR) is 155 cm³/mol. The number of para-hydroxylation sites is 1. The van der Waals surface area contributed by atoms with Gasteiger partial charge in [0.2, 0.25) is 5.91 Å². The molecule has 1 aliphatic rings. The molecule has 0 atom stereocenters. The van der Waals surface area contributed by atoms with E-state index < -0.39 is 15.9 Å². The Hall–Kier alpha value is -3.15. The highest BCUT2D eigenvalue weighted by Gasteiger charge is 2.32. The molecule has 2 heterocycles. The summed E-state index contributed by atoms with van der Waals surface area (Å²) in [5, 5.41) is 11.3. The van der Waals surface area contributed by atoms with E-state index in [0.717, 1.165) is 9.87 Å². The highest BCUT2D eigenvalue weighted by Crippen LogP contribution is 2.30. The number of hydrogen-bond acceptors (Lipinski definition) is 7. The van der Waals surface area contributed by atoms with Crippen molar-refractivity contribution in [3.05, 3.63) is 89.4 Å². The predicted octanol–water partition coefficient (Wildman–Crippen LogP) is 3.79. The minimum Gasteiger partial charge on any atom is -0.619 e. The van der Waals surface area contributed by atoms with Crippen molar-refractivity contribution in [1.82, 2.24) is 4.90 Å².